The lowest BCUT2D eigenvalue weighted by Crippen LogP contribution is -2.35. The number of carbonyl (C=O) groups is 1. The maximum Gasteiger partial charge on any atom is 0.422 e. The van der Waals surface area contributed by atoms with Crippen LogP contribution in [0.15, 0.2) is 5.38 Å². The van der Waals surface area contributed by atoms with Crippen LogP contribution < -0.4 is 9.44 Å². The zero-order valence-electron chi connectivity index (χ0n) is 9.00. The number of hydrogen-bond donors (Lipinski definition) is 3. The molecule has 10 heteroatoms. The maximum atomic E-state index is 11.3. The van der Waals surface area contributed by atoms with Crippen molar-refractivity contribution in [2.24, 2.45) is 0 Å². The van der Waals surface area contributed by atoms with Gasteiger partial charge in [0, 0.05) is 5.38 Å². The van der Waals surface area contributed by atoms with Gasteiger partial charge in [0.2, 0.25) is 0 Å². The van der Waals surface area contributed by atoms with Crippen LogP contribution in [0.25, 0.3) is 0 Å². The molecule has 96 valence electrons. The molecule has 0 aliphatic rings. The molecule has 0 spiro atoms. The highest BCUT2D eigenvalue weighted by Crippen LogP contribution is 2.20. The number of carbonyl (C=O) groups excluding carboxylic acids is 1. The average molecular weight is 281 g/mol. The van der Waals surface area contributed by atoms with E-state index in [0.717, 1.165) is 18.4 Å². The highest BCUT2D eigenvalue weighted by Gasteiger charge is 2.17. The summed E-state index contributed by atoms with van der Waals surface area (Å²) < 4.78 is 30.4. The summed E-state index contributed by atoms with van der Waals surface area (Å²) >= 11 is 0.986. The van der Waals surface area contributed by atoms with E-state index in [1.807, 2.05) is 4.72 Å². The molecular weight excluding hydrogens is 270 g/mol. The van der Waals surface area contributed by atoms with Gasteiger partial charge in [0.1, 0.15) is 0 Å². The van der Waals surface area contributed by atoms with Crippen molar-refractivity contribution in [3.8, 4) is 0 Å². The van der Waals surface area contributed by atoms with Crippen molar-refractivity contribution in [2.75, 3.05) is 11.8 Å². The van der Waals surface area contributed by atoms with Crippen molar-refractivity contribution in [1.82, 2.24) is 9.71 Å². The predicted molar refractivity (Wildman–Crippen MR) is 60.8 cm³/mol. The van der Waals surface area contributed by atoms with Gasteiger partial charge >= 0.3 is 16.3 Å². The number of amides is 1. The second kappa shape index (κ2) is 5.29. The van der Waals surface area contributed by atoms with Crippen molar-refractivity contribution >= 4 is 32.8 Å². The van der Waals surface area contributed by atoms with Gasteiger partial charge in [-0.15, -0.1) is 11.3 Å². The van der Waals surface area contributed by atoms with Crippen molar-refractivity contribution in [1.29, 1.82) is 0 Å². The zero-order valence-corrected chi connectivity index (χ0v) is 10.6. The summed E-state index contributed by atoms with van der Waals surface area (Å²) in [5, 5.41) is 10.7. The third-order valence-corrected chi connectivity index (χ3v) is 3.38. The largest absolute Gasteiger partial charge is 0.452 e. The Morgan fingerprint density at radius 3 is 2.76 bits per heavy atom. The molecule has 8 nitrogen and oxygen atoms in total. The highest BCUT2D eigenvalue weighted by molar-refractivity contribution is 7.91. The zero-order chi connectivity index (χ0) is 13.1. The quantitative estimate of drug-likeness (QED) is 0.726. The first-order chi connectivity index (χ1) is 7.84. The molecule has 0 saturated heterocycles. The number of ether oxygens (including phenoxy) is 1. The van der Waals surface area contributed by atoms with Gasteiger partial charge in [-0.05, 0) is 6.92 Å². The predicted octanol–water partition coefficient (Wildman–Crippen LogP) is 0.209. The number of hydrogen-bond acceptors (Lipinski definition) is 7. The van der Waals surface area contributed by atoms with Gasteiger partial charge in [0.15, 0.2) is 5.13 Å². The van der Waals surface area contributed by atoms with Crippen LogP contribution in [-0.2, 0) is 14.9 Å². The number of aliphatic hydroxyl groups excluding tert-OH is 1. The number of anilines is 1. The van der Waals surface area contributed by atoms with Crippen LogP contribution in [0, 0.1) is 0 Å². The molecule has 0 fully saturated rings. The van der Waals surface area contributed by atoms with E-state index in [9.17, 15) is 18.3 Å². The fourth-order valence-corrected chi connectivity index (χ4v) is 2.61. The molecule has 0 radical (unpaired) electrons. The molecule has 0 saturated carbocycles. The van der Waals surface area contributed by atoms with Crippen LogP contribution in [-0.4, -0.2) is 31.7 Å². The van der Waals surface area contributed by atoms with E-state index >= 15 is 0 Å². The lowest BCUT2D eigenvalue weighted by atomic mass is 10.3. The van der Waals surface area contributed by atoms with Gasteiger partial charge < -0.3 is 9.84 Å². The van der Waals surface area contributed by atoms with Crippen LogP contribution >= 0.6 is 11.3 Å². The van der Waals surface area contributed by atoms with E-state index in [4.69, 9.17) is 0 Å². The van der Waals surface area contributed by atoms with Crippen LogP contribution in [0.1, 0.15) is 18.7 Å². The molecule has 1 heterocycles. The first-order valence-corrected chi connectivity index (χ1v) is 6.72. The lowest BCUT2D eigenvalue weighted by Gasteiger charge is -2.05. The summed E-state index contributed by atoms with van der Waals surface area (Å²) in [5.41, 5.74) is 0.339. The summed E-state index contributed by atoms with van der Waals surface area (Å²) in [6.45, 7) is 1.50. The summed E-state index contributed by atoms with van der Waals surface area (Å²) in [4.78, 5) is 14.5. The van der Waals surface area contributed by atoms with Crippen LogP contribution in [0.3, 0.4) is 0 Å². The normalized spacial score (nSPS) is 12.9. The number of rotatable bonds is 4. The Bertz CT molecular complexity index is 495. The second-order valence-corrected chi connectivity index (χ2v) is 5.23. The first kappa shape index (κ1) is 13.7. The van der Waals surface area contributed by atoms with Crippen molar-refractivity contribution in [3.63, 3.8) is 0 Å². The minimum atomic E-state index is -4.07. The molecule has 1 atom stereocenters. The molecule has 1 aromatic rings. The van der Waals surface area contributed by atoms with E-state index < -0.39 is 22.4 Å². The summed E-state index contributed by atoms with van der Waals surface area (Å²) in [5.74, 6) is 0. The molecular formula is C7H11N3O5S2. The fraction of sp³-hybridized carbons (Fsp3) is 0.429. The molecule has 0 bridgehead atoms. The smallest absolute Gasteiger partial charge is 0.422 e. The minimum absolute atomic E-state index is 0.0392. The van der Waals surface area contributed by atoms with Crippen LogP contribution in [0.4, 0.5) is 9.93 Å². The molecule has 1 amide bonds. The van der Waals surface area contributed by atoms with E-state index in [0.29, 0.717) is 5.69 Å². The molecule has 0 aromatic carbocycles. The van der Waals surface area contributed by atoms with Crippen molar-refractivity contribution in [3.05, 3.63) is 11.1 Å². The van der Waals surface area contributed by atoms with E-state index in [1.54, 1.807) is 4.72 Å². The van der Waals surface area contributed by atoms with Gasteiger partial charge in [-0.2, -0.15) is 8.42 Å². The third kappa shape index (κ3) is 4.17. The van der Waals surface area contributed by atoms with Crippen LogP contribution in [0.2, 0.25) is 0 Å². The Morgan fingerprint density at radius 1 is 1.65 bits per heavy atom. The van der Waals surface area contributed by atoms with Gasteiger partial charge in [-0.25, -0.2) is 19.2 Å². The number of methoxy groups -OCH3 is 1. The summed E-state index contributed by atoms with van der Waals surface area (Å²) in [6.07, 6.45) is -1.90. The molecule has 0 aliphatic heterocycles. The van der Waals surface area contributed by atoms with Crippen molar-refractivity contribution < 1.29 is 23.1 Å². The maximum absolute atomic E-state index is 11.3. The molecule has 1 aromatic heterocycles. The fourth-order valence-electron chi connectivity index (χ4n) is 0.817. The molecule has 3 N–H and O–H groups in total. The van der Waals surface area contributed by atoms with E-state index in [-0.39, 0.29) is 5.13 Å². The Labute approximate surface area is 102 Å². The SMILES string of the molecule is COC(=O)NS(=O)(=O)Nc1nc(C(C)O)cs1. The Balaban J connectivity index is 2.73. The topological polar surface area (TPSA) is 118 Å². The highest BCUT2D eigenvalue weighted by atomic mass is 32.2. The summed E-state index contributed by atoms with van der Waals surface area (Å²) in [6, 6.07) is 0. The van der Waals surface area contributed by atoms with Crippen molar-refractivity contribution in [2.45, 2.75) is 13.0 Å². The minimum Gasteiger partial charge on any atom is -0.452 e. The van der Waals surface area contributed by atoms with Gasteiger partial charge in [-0.3, -0.25) is 0 Å². The Morgan fingerprint density at radius 2 is 2.29 bits per heavy atom. The number of nitrogens with zero attached hydrogens (tertiary/aromatic N) is 1. The van der Waals surface area contributed by atoms with Crippen LogP contribution in [0.5, 0.6) is 0 Å². The number of aromatic nitrogens is 1. The average Bonchev–Trinajstić information content (AvgIpc) is 2.64. The van der Waals surface area contributed by atoms with E-state index in [1.165, 1.54) is 12.3 Å². The number of thiazole rings is 1. The standard InChI is InChI=1S/C7H11N3O5S2/c1-4(11)5-3-16-6(8-5)9-17(13,14)10-7(12)15-2/h3-4,11H,1-2H3,(H,8,9)(H,10,12). The van der Waals surface area contributed by atoms with E-state index in [2.05, 4.69) is 9.72 Å². The number of nitrogens with one attached hydrogen (secondary N) is 2. The Kier molecular flexibility index (Phi) is 4.26. The van der Waals surface area contributed by atoms with Gasteiger partial charge in [-0.1, -0.05) is 0 Å². The number of aliphatic hydroxyl groups is 1. The molecule has 17 heavy (non-hydrogen) atoms. The summed E-state index contributed by atoms with van der Waals surface area (Å²) in [7, 11) is -3.03. The van der Waals surface area contributed by atoms with Gasteiger partial charge in [0.05, 0.1) is 18.9 Å². The molecule has 1 unspecified atom stereocenters. The molecule has 0 aliphatic carbocycles. The van der Waals surface area contributed by atoms with Gasteiger partial charge in [0.25, 0.3) is 0 Å². The Hall–Kier alpha value is -1.39. The second-order valence-electron chi connectivity index (χ2n) is 2.95. The lowest BCUT2D eigenvalue weighted by molar-refractivity contribution is 0.177. The molecule has 1 rings (SSSR count). The third-order valence-electron chi connectivity index (χ3n) is 1.57. The monoisotopic (exact) mass is 281 g/mol. The first-order valence-electron chi connectivity index (χ1n) is 4.36.